The van der Waals surface area contributed by atoms with Crippen molar-refractivity contribution in [2.75, 3.05) is 6.54 Å². The molecule has 0 aromatic heterocycles. The SMILES string of the molecule is CC1CCCC(CN)C1F. The average Bonchev–Trinajstić information content (AvgIpc) is 1.95. The normalized spacial score (nSPS) is 41.7. The van der Waals surface area contributed by atoms with E-state index in [0.717, 1.165) is 19.3 Å². The summed E-state index contributed by atoms with van der Waals surface area (Å²) < 4.78 is 13.2. The highest BCUT2D eigenvalue weighted by atomic mass is 19.1. The second-order valence-electron chi connectivity index (χ2n) is 3.35. The molecular formula is C8H16FN. The van der Waals surface area contributed by atoms with E-state index in [1.165, 1.54) is 0 Å². The molecule has 10 heavy (non-hydrogen) atoms. The number of halogens is 1. The van der Waals surface area contributed by atoms with E-state index >= 15 is 0 Å². The zero-order chi connectivity index (χ0) is 7.56. The molecule has 0 bridgehead atoms. The Morgan fingerprint density at radius 2 is 2.20 bits per heavy atom. The summed E-state index contributed by atoms with van der Waals surface area (Å²) in [6.07, 6.45) is 2.54. The van der Waals surface area contributed by atoms with Crippen LogP contribution in [0, 0.1) is 11.8 Å². The fourth-order valence-electron chi connectivity index (χ4n) is 1.73. The minimum atomic E-state index is -0.640. The lowest BCUT2D eigenvalue weighted by Crippen LogP contribution is -2.33. The monoisotopic (exact) mass is 145 g/mol. The minimum absolute atomic E-state index is 0.142. The Kier molecular flexibility index (Phi) is 2.66. The van der Waals surface area contributed by atoms with Crippen LogP contribution < -0.4 is 5.73 Å². The summed E-state index contributed by atoms with van der Waals surface area (Å²) in [5.74, 6) is 0.381. The molecule has 0 radical (unpaired) electrons. The molecular weight excluding hydrogens is 129 g/mol. The van der Waals surface area contributed by atoms with Gasteiger partial charge in [0.05, 0.1) is 0 Å². The Morgan fingerprint density at radius 1 is 1.50 bits per heavy atom. The van der Waals surface area contributed by atoms with Crippen molar-refractivity contribution in [3.8, 4) is 0 Å². The van der Waals surface area contributed by atoms with Gasteiger partial charge in [0.2, 0.25) is 0 Å². The van der Waals surface area contributed by atoms with Crippen molar-refractivity contribution >= 4 is 0 Å². The molecule has 0 saturated heterocycles. The third-order valence-electron chi connectivity index (χ3n) is 2.53. The first-order valence-corrected chi connectivity index (χ1v) is 4.10. The summed E-state index contributed by atoms with van der Waals surface area (Å²) in [4.78, 5) is 0. The molecule has 1 nitrogen and oxygen atoms in total. The number of hydrogen-bond donors (Lipinski definition) is 1. The van der Waals surface area contributed by atoms with Gasteiger partial charge in [-0.2, -0.15) is 0 Å². The van der Waals surface area contributed by atoms with Gasteiger partial charge in [0.15, 0.2) is 0 Å². The van der Waals surface area contributed by atoms with Gasteiger partial charge in [0.1, 0.15) is 6.17 Å². The van der Waals surface area contributed by atoms with Gasteiger partial charge >= 0.3 is 0 Å². The van der Waals surface area contributed by atoms with Crippen molar-refractivity contribution in [2.24, 2.45) is 17.6 Å². The molecule has 3 unspecified atom stereocenters. The Morgan fingerprint density at radius 3 is 2.70 bits per heavy atom. The van der Waals surface area contributed by atoms with E-state index in [1.807, 2.05) is 6.92 Å². The molecule has 2 heteroatoms. The largest absolute Gasteiger partial charge is 0.330 e. The maximum absolute atomic E-state index is 13.2. The highest BCUT2D eigenvalue weighted by Crippen LogP contribution is 2.30. The number of nitrogens with two attached hydrogens (primary N) is 1. The van der Waals surface area contributed by atoms with Gasteiger partial charge in [-0.3, -0.25) is 0 Å². The lowest BCUT2D eigenvalue weighted by atomic mass is 9.81. The third kappa shape index (κ3) is 1.48. The lowest BCUT2D eigenvalue weighted by Gasteiger charge is -2.29. The van der Waals surface area contributed by atoms with Gasteiger partial charge in [0, 0.05) is 5.92 Å². The summed E-state index contributed by atoms with van der Waals surface area (Å²) in [5, 5.41) is 0. The minimum Gasteiger partial charge on any atom is -0.330 e. The summed E-state index contributed by atoms with van der Waals surface area (Å²) in [6, 6.07) is 0. The molecule has 1 aliphatic carbocycles. The van der Waals surface area contributed by atoms with Crippen LogP contribution in [0.15, 0.2) is 0 Å². The molecule has 1 aliphatic rings. The average molecular weight is 145 g/mol. The predicted octanol–water partition coefficient (Wildman–Crippen LogP) is 1.72. The van der Waals surface area contributed by atoms with Gasteiger partial charge < -0.3 is 5.73 Å². The van der Waals surface area contributed by atoms with E-state index in [1.54, 1.807) is 0 Å². The molecule has 3 atom stereocenters. The fraction of sp³-hybridized carbons (Fsp3) is 1.00. The van der Waals surface area contributed by atoms with E-state index in [9.17, 15) is 4.39 Å². The Bertz CT molecular complexity index is 105. The van der Waals surface area contributed by atoms with Crippen LogP contribution in [0.2, 0.25) is 0 Å². The van der Waals surface area contributed by atoms with Crippen LogP contribution in [0.4, 0.5) is 4.39 Å². The van der Waals surface area contributed by atoms with Gasteiger partial charge in [-0.1, -0.05) is 13.3 Å². The number of hydrogen-bond acceptors (Lipinski definition) is 1. The predicted molar refractivity (Wildman–Crippen MR) is 40.5 cm³/mol. The maximum atomic E-state index is 13.2. The molecule has 1 rings (SSSR count). The van der Waals surface area contributed by atoms with Crippen LogP contribution in [0.3, 0.4) is 0 Å². The summed E-state index contributed by atoms with van der Waals surface area (Å²) in [6.45, 7) is 2.50. The van der Waals surface area contributed by atoms with Gasteiger partial charge in [-0.05, 0) is 25.3 Å². The lowest BCUT2D eigenvalue weighted by molar-refractivity contribution is 0.113. The maximum Gasteiger partial charge on any atom is 0.107 e. The third-order valence-corrected chi connectivity index (χ3v) is 2.53. The van der Waals surface area contributed by atoms with Crippen molar-refractivity contribution in [3.05, 3.63) is 0 Å². The Hall–Kier alpha value is -0.110. The molecule has 1 saturated carbocycles. The quantitative estimate of drug-likeness (QED) is 0.597. The molecule has 0 heterocycles. The van der Waals surface area contributed by atoms with Crippen LogP contribution >= 0.6 is 0 Å². The van der Waals surface area contributed by atoms with Crippen LogP contribution in [-0.4, -0.2) is 12.7 Å². The van der Waals surface area contributed by atoms with E-state index in [-0.39, 0.29) is 11.8 Å². The summed E-state index contributed by atoms with van der Waals surface area (Å²) in [5.41, 5.74) is 5.42. The first kappa shape index (κ1) is 7.99. The van der Waals surface area contributed by atoms with Crippen LogP contribution in [0.25, 0.3) is 0 Å². The molecule has 0 aromatic rings. The van der Waals surface area contributed by atoms with Crippen LogP contribution in [0.1, 0.15) is 26.2 Å². The Balaban J connectivity index is 2.42. The first-order valence-electron chi connectivity index (χ1n) is 4.10. The van der Waals surface area contributed by atoms with E-state index in [2.05, 4.69) is 0 Å². The van der Waals surface area contributed by atoms with Crippen LogP contribution in [-0.2, 0) is 0 Å². The van der Waals surface area contributed by atoms with E-state index in [0.29, 0.717) is 6.54 Å². The van der Waals surface area contributed by atoms with Crippen molar-refractivity contribution in [2.45, 2.75) is 32.4 Å². The molecule has 60 valence electrons. The molecule has 0 amide bonds. The fourth-order valence-corrected chi connectivity index (χ4v) is 1.73. The van der Waals surface area contributed by atoms with Crippen molar-refractivity contribution in [1.82, 2.24) is 0 Å². The highest BCUT2D eigenvalue weighted by Gasteiger charge is 2.29. The summed E-state index contributed by atoms with van der Waals surface area (Å²) >= 11 is 0. The Labute approximate surface area is 61.8 Å². The standard InChI is InChI=1S/C8H16FN/c1-6-3-2-4-7(5-10)8(6)9/h6-8H,2-5,10H2,1H3. The van der Waals surface area contributed by atoms with Crippen LogP contribution in [0.5, 0.6) is 0 Å². The number of alkyl halides is 1. The molecule has 2 N–H and O–H groups in total. The molecule has 1 fully saturated rings. The second-order valence-corrected chi connectivity index (χ2v) is 3.35. The first-order chi connectivity index (χ1) is 4.75. The second kappa shape index (κ2) is 3.33. The zero-order valence-electron chi connectivity index (χ0n) is 6.52. The topological polar surface area (TPSA) is 26.0 Å². The molecule has 0 aliphatic heterocycles. The van der Waals surface area contributed by atoms with Gasteiger partial charge in [-0.15, -0.1) is 0 Å². The van der Waals surface area contributed by atoms with E-state index in [4.69, 9.17) is 5.73 Å². The van der Waals surface area contributed by atoms with E-state index < -0.39 is 6.17 Å². The van der Waals surface area contributed by atoms with Crippen molar-refractivity contribution < 1.29 is 4.39 Å². The van der Waals surface area contributed by atoms with Gasteiger partial charge in [0.25, 0.3) is 0 Å². The number of rotatable bonds is 1. The smallest absolute Gasteiger partial charge is 0.107 e. The van der Waals surface area contributed by atoms with Crippen molar-refractivity contribution in [3.63, 3.8) is 0 Å². The molecule has 0 spiro atoms. The highest BCUT2D eigenvalue weighted by molar-refractivity contribution is 4.79. The van der Waals surface area contributed by atoms with Gasteiger partial charge in [-0.25, -0.2) is 4.39 Å². The zero-order valence-corrected chi connectivity index (χ0v) is 6.52. The summed E-state index contributed by atoms with van der Waals surface area (Å²) in [7, 11) is 0. The molecule has 0 aromatic carbocycles. The van der Waals surface area contributed by atoms with Crippen molar-refractivity contribution in [1.29, 1.82) is 0 Å².